The molecule has 1 aromatic rings. The van der Waals surface area contributed by atoms with E-state index in [1.807, 2.05) is 12.1 Å². The van der Waals surface area contributed by atoms with Crippen molar-refractivity contribution in [3.8, 4) is 0 Å². The molecule has 0 radical (unpaired) electrons. The smallest absolute Gasteiger partial charge is 0.223 e. The predicted octanol–water partition coefficient (Wildman–Crippen LogP) is 0.940. The molecule has 23 heavy (non-hydrogen) atoms. The Balaban J connectivity index is 1.31. The highest BCUT2D eigenvalue weighted by atomic mass is 16.5. The number of carbonyl (C=O) groups excluding carboxylic acids is 1. The van der Waals surface area contributed by atoms with E-state index in [0.29, 0.717) is 0 Å². The number of nitrogens with zero attached hydrogens (tertiary/aromatic N) is 2. The van der Waals surface area contributed by atoms with Gasteiger partial charge in [-0.25, -0.2) is 0 Å². The van der Waals surface area contributed by atoms with Gasteiger partial charge in [-0.3, -0.25) is 14.6 Å². The average molecular weight is 321 g/mol. The molecule has 128 valence electrons. The lowest BCUT2D eigenvalue weighted by Crippen LogP contribution is -2.44. The van der Waals surface area contributed by atoms with Crippen LogP contribution < -0.4 is 5.32 Å². The first-order valence-corrected chi connectivity index (χ1v) is 8.64. The second-order valence-corrected chi connectivity index (χ2v) is 6.37. The SMILES string of the molecule is O=C(NCCN1CCOCC1)C1CCN(Cc2ccco2)CC1. The zero-order valence-electron chi connectivity index (χ0n) is 13.7. The Labute approximate surface area is 137 Å². The number of hydrogen-bond acceptors (Lipinski definition) is 5. The molecule has 2 fully saturated rings. The van der Waals surface area contributed by atoms with Crippen molar-refractivity contribution in [3.05, 3.63) is 24.2 Å². The minimum atomic E-state index is 0.160. The Bertz CT molecular complexity index is 463. The zero-order chi connectivity index (χ0) is 15.9. The minimum absolute atomic E-state index is 0.160. The van der Waals surface area contributed by atoms with E-state index >= 15 is 0 Å². The fourth-order valence-electron chi connectivity index (χ4n) is 3.28. The molecule has 1 aromatic heterocycles. The van der Waals surface area contributed by atoms with E-state index in [2.05, 4.69) is 15.1 Å². The van der Waals surface area contributed by atoms with Crippen LogP contribution in [-0.2, 0) is 16.1 Å². The van der Waals surface area contributed by atoms with Gasteiger partial charge in [0.15, 0.2) is 0 Å². The molecule has 1 N–H and O–H groups in total. The molecule has 0 spiro atoms. The quantitative estimate of drug-likeness (QED) is 0.845. The number of amides is 1. The molecule has 0 atom stereocenters. The maximum absolute atomic E-state index is 12.3. The van der Waals surface area contributed by atoms with Crippen LogP contribution in [0.5, 0.6) is 0 Å². The summed E-state index contributed by atoms with van der Waals surface area (Å²) in [6.45, 7) is 7.99. The summed E-state index contributed by atoms with van der Waals surface area (Å²) in [6, 6.07) is 3.93. The summed E-state index contributed by atoms with van der Waals surface area (Å²) < 4.78 is 10.7. The topological polar surface area (TPSA) is 58.0 Å². The predicted molar refractivity (Wildman–Crippen MR) is 87.0 cm³/mol. The third-order valence-corrected chi connectivity index (χ3v) is 4.75. The van der Waals surface area contributed by atoms with Crippen molar-refractivity contribution in [1.29, 1.82) is 0 Å². The third kappa shape index (κ3) is 5.06. The Morgan fingerprint density at radius 3 is 2.65 bits per heavy atom. The average Bonchev–Trinajstić information content (AvgIpc) is 3.09. The van der Waals surface area contributed by atoms with Crippen LogP contribution in [0.2, 0.25) is 0 Å². The highest BCUT2D eigenvalue weighted by Crippen LogP contribution is 2.19. The first-order valence-electron chi connectivity index (χ1n) is 8.64. The van der Waals surface area contributed by atoms with Crippen molar-refractivity contribution in [2.24, 2.45) is 5.92 Å². The minimum Gasteiger partial charge on any atom is -0.468 e. The van der Waals surface area contributed by atoms with E-state index in [9.17, 15) is 4.79 Å². The molecule has 3 rings (SSSR count). The largest absolute Gasteiger partial charge is 0.468 e. The van der Waals surface area contributed by atoms with Gasteiger partial charge < -0.3 is 14.5 Å². The molecule has 0 unspecified atom stereocenters. The van der Waals surface area contributed by atoms with Crippen molar-refractivity contribution in [3.63, 3.8) is 0 Å². The number of carbonyl (C=O) groups is 1. The summed E-state index contributed by atoms with van der Waals surface area (Å²) in [6.07, 6.45) is 3.58. The number of piperidine rings is 1. The summed E-state index contributed by atoms with van der Waals surface area (Å²) in [5.41, 5.74) is 0. The molecule has 0 saturated carbocycles. The van der Waals surface area contributed by atoms with E-state index < -0.39 is 0 Å². The molecule has 6 nitrogen and oxygen atoms in total. The summed E-state index contributed by atoms with van der Waals surface area (Å²) >= 11 is 0. The Hall–Kier alpha value is -1.37. The first kappa shape index (κ1) is 16.5. The molecule has 0 aromatic carbocycles. The van der Waals surface area contributed by atoms with Crippen LogP contribution >= 0.6 is 0 Å². The summed E-state index contributed by atoms with van der Waals surface area (Å²) in [4.78, 5) is 17.0. The fraction of sp³-hybridized carbons (Fsp3) is 0.706. The van der Waals surface area contributed by atoms with Gasteiger partial charge >= 0.3 is 0 Å². The normalized spacial score (nSPS) is 21.4. The summed E-state index contributed by atoms with van der Waals surface area (Å²) in [5, 5.41) is 3.10. The van der Waals surface area contributed by atoms with Crippen LogP contribution in [0.25, 0.3) is 0 Å². The number of rotatable bonds is 6. The fourth-order valence-corrected chi connectivity index (χ4v) is 3.28. The Morgan fingerprint density at radius 1 is 1.17 bits per heavy atom. The first-order chi connectivity index (χ1) is 11.3. The van der Waals surface area contributed by atoms with Gasteiger partial charge in [0, 0.05) is 32.1 Å². The van der Waals surface area contributed by atoms with E-state index in [4.69, 9.17) is 9.15 Å². The lowest BCUT2D eigenvalue weighted by molar-refractivity contribution is -0.126. The molecular weight excluding hydrogens is 294 g/mol. The van der Waals surface area contributed by atoms with Crippen LogP contribution in [0.3, 0.4) is 0 Å². The van der Waals surface area contributed by atoms with Gasteiger partial charge in [-0.2, -0.15) is 0 Å². The van der Waals surface area contributed by atoms with Gasteiger partial charge in [0.05, 0.1) is 26.0 Å². The molecule has 0 bridgehead atoms. The highest BCUT2D eigenvalue weighted by molar-refractivity contribution is 5.78. The van der Waals surface area contributed by atoms with Crippen LogP contribution in [-0.4, -0.2) is 68.2 Å². The molecule has 6 heteroatoms. The van der Waals surface area contributed by atoms with Crippen molar-refractivity contribution in [2.75, 3.05) is 52.5 Å². The van der Waals surface area contributed by atoms with Crippen LogP contribution in [0.1, 0.15) is 18.6 Å². The monoisotopic (exact) mass is 321 g/mol. The molecule has 2 saturated heterocycles. The Morgan fingerprint density at radius 2 is 1.96 bits per heavy atom. The third-order valence-electron chi connectivity index (χ3n) is 4.75. The van der Waals surface area contributed by atoms with Gasteiger partial charge in [-0.15, -0.1) is 0 Å². The van der Waals surface area contributed by atoms with E-state index in [1.165, 1.54) is 0 Å². The number of furan rings is 1. The molecular formula is C17H27N3O3. The zero-order valence-corrected chi connectivity index (χ0v) is 13.7. The highest BCUT2D eigenvalue weighted by Gasteiger charge is 2.25. The lowest BCUT2D eigenvalue weighted by atomic mass is 9.96. The van der Waals surface area contributed by atoms with E-state index in [0.717, 1.165) is 77.6 Å². The molecule has 2 aliphatic heterocycles. The van der Waals surface area contributed by atoms with Gasteiger partial charge in [-0.05, 0) is 38.1 Å². The Kier molecular flexibility index (Phi) is 6.07. The van der Waals surface area contributed by atoms with Crippen molar-refractivity contribution >= 4 is 5.91 Å². The van der Waals surface area contributed by atoms with E-state index in [1.54, 1.807) is 6.26 Å². The van der Waals surface area contributed by atoms with Crippen LogP contribution in [0.15, 0.2) is 22.8 Å². The van der Waals surface area contributed by atoms with Gasteiger partial charge in [-0.1, -0.05) is 0 Å². The van der Waals surface area contributed by atoms with Gasteiger partial charge in [0.2, 0.25) is 5.91 Å². The van der Waals surface area contributed by atoms with Crippen LogP contribution in [0.4, 0.5) is 0 Å². The molecule has 0 aliphatic carbocycles. The number of nitrogens with one attached hydrogen (secondary N) is 1. The molecule has 2 aliphatic rings. The maximum Gasteiger partial charge on any atom is 0.223 e. The number of likely N-dealkylation sites (tertiary alicyclic amines) is 1. The van der Waals surface area contributed by atoms with Crippen LogP contribution in [0, 0.1) is 5.92 Å². The van der Waals surface area contributed by atoms with Gasteiger partial charge in [0.1, 0.15) is 5.76 Å². The number of morpholine rings is 1. The lowest BCUT2D eigenvalue weighted by Gasteiger charge is -2.31. The maximum atomic E-state index is 12.3. The second kappa shape index (κ2) is 8.47. The second-order valence-electron chi connectivity index (χ2n) is 6.37. The summed E-state index contributed by atoms with van der Waals surface area (Å²) in [5.74, 6) is 1.38. The number of ether oxygens (including phenoxy) is 1. The van der Waals surface area contributed by atoms with Crippen molar-refractivity contribution in [2.45, 2.75) is 19.4 Å². The molecule has 3 heterocycles. The van der Waals surface area contributed by atoms with Gasteiger partial charge in [0.25, 0.3) is 0 Å². The van der Waals surface area contributed by atoms with E-state index in [-0.39, 0.29) is 11.8 Å². The van der Waals surface area contributed by atoms with Crippen molar-refractivity contribution in [1.82, 2.24) is 15.1 Å². The number of hydrogen-bond donors (Lipinski definition) is 1. The standard InChI is InChI=1S/C17H27N3O3/c21-17(18-5-8-19-9-12-22-13-10-19)15-3-6-20(7-4-15)14-16-2-1-11-23-16/h1-2,11,15H,3-10,12-14H2,(H,18,21). The molecule has 1 amide bonds. The van der Waals surface area contributed by atoms with Crippen molar-refractivity contribution < 1.29 is 13.9 Å². The summed E-state index contributed by atoms with van der Waals surface area (Å²) in [7, 11) is 0.